The van der Waals surface area contributed by atoms with E-state index in [0.717, 1.165) is 28.8 Å². The Hall–Kier alpha value is -3.29. The van der Waals surface area contributed by atoms with Crippen molar-refractivity contribution in [3.63, 3.8) is 0 Å². The number of hydrogen-bond donors (Lipinski definition) is 1. The molecule has 186 valence electrons. The van der Waals surface area contributed by atoms with E-state index in [2.05, 4.69) is 6.58 Å². The van der Waals surface area contributed by atoms with E-state index in [-0.39, 0.29) is 19.0 Å². The first-order valence-electron chi connectivity index (χ1n) is 11.3. The Balaban J connectivity index is 1.79. The number of benzene rings is 3. The van der Waals surface area contributed by atoms with Crippen molar-refractivity contribution in [3.8, 4) is 16.9 Å². The number of ether oxygens (including phenoxy) is 1. The summed E-state index contributed by atoms with van der Waals surface area (Å²) in [5.74, 6) is -0.781. The van der Waals surface area contributed by atoms with Gasteiger partial charge in [0.1, 0.15) is 17.3 Å². The summed E-state index contributed by atoms with van der Waals surface area (Å²) in [6.07, 6.45) is -2.46. The minimum atomic E-state index is -3.89. The Morgan fingerprint density at radius 1 is 0.943 bits per heavy atom. The first-order valence-corrected chi connectivity index (χ1v) is 11.3. The number of aliphatic hydroxyl groups excluding tert-OH is 1. The van der Waals surface area contributed by atoms with Crippen molar-refractivity contribution < 1.29 is 32.8 Å². The van der Waals surface area contributed by atoms with Crippen LogP contribution in [0.25, 0.3) is 11.1 Å². The first-order chi connectivity index (χ1) is 16.7. The summed E-state index contributed by atoms with van der Waals surface area (Å²) in [5.41, 5.74) is 2.98. The van der Waals surface area contributed by atoms with Crippen molar-refractivity contribution >= 4 is 0 Å². The van der Waals surface area contributed by atoms with Crippen LogP contribution in [0.4, 0.5) is 13.2 Å². The Bertz CT molecular complexity index is 1140. The second-order valence-corrected chi connectivity index (χ2v) is 8.29. The van der Waals surface area contributed by atoms with Crippen molar-refractivity contribution in [1.82, 2.24) is 0 Å². The zero-order chi connectivity index (χ0) is 25.4. The summed E-state index contributed by atoms with van der Waals surface area (Å²) >= 11 is 0. The van der Waals surface area contributed by atoms with Crippen LogP contribution in [0.15, 0.2) is 73.0 Å². The molecule has 7 heteroatoms. The maximum absolute atomic E-state index is 15.0. The highest BCUT2D eigenvalue weighted by Crippen LogP contribution is 2.35. The van der Waals surface area contributed by atoms with E-state index in [1.165, 1.54) is 18.2 Å². The van der Waals surface area contributed by atoms with Crippen LogP contribution in [-0.4, -0.2) is 18.3 Å². The molecule has 0 bridgehead atoms. The minimum absolute atomic E-state index is 0.00287. The van der Waals surface area contributed by atoms with Gasteiger partial charge in [-0.25, -0.2) is 4.39 Å². The number of halogens is 3. The molecule has 3 rings (SSSR count). The van der Waals surface area contributed by atoms with E-state index < -0.39 is 17.5 Å². The van der Waals surface area contributed by atoms with Crippen LogP contribution >= 0.6 is 0 Å². The van der Waals surface area contributed by atoms with Gasteiger partial charge in [0.05, 0.1) is 12.2 Å². The van der Waals surface area contributed by atoms with Gasteiger partial charge in [0.15, 0.2) is 0 Å². The average Bonchev–Trinajstić information content (AvgIpc) is 2.81. The minimum Gasteiger partial charge on any atom is -0.429 e. The SMILES string of the molecule is C=C(C)OOCCc1cc(OC(F)(F)c2ccc(-c3ccc(C)cc3)cc2F)ccc1CCCO. The van der Waals surface area contributed by atoms with E-state index in [9.17, 15) is 13.2 Å². The van der Waals surface area contributed by atoms with E-state index in [1.807, 2.05) is 31.2 Å². The summed E-state index contributed by atoms with van der Waals surface area (Å²) in [4.78, 5) is 9.94. The molecule has 0 unspecified atom stereocenters. The summed E-state index contributed by atoms with van der Waals surface area (Å²) in [6.45, 7) is 7.29. The Labute approximate surface area is 203 Å². The van der Waals surface area contributed by atoms with E-state index in [0.29, 0.717) is 36.1 Å². The third-order valence-corrected chi connectivity index (χ3v) is 5.35. The summed E-state index contributed by atoms with van der Waals surface area (Å²) in [6, 6.07) is 15.5. The number of aryl methyl sites for hydroxylation is 2. The normalized spacial score (nSPS) is 11.4. The molecule has 0 fully saturated rings. The molecular formula is C28H29F3O4. The highest BCUT2D eigenvalue weighted by molar-refractivity contribution is 5.64. The fourth-order valence-electron chi connectivity index (χ4n) is 3.59. The van der Waals surface area contributed by atoms with Gasteiger partial charge in [0.25, 0.3) is 0 Å². The zero-order valence-corrected chi connectivity index (χ0v) is 19.8. The molecule has 0 aromatic heterocycles. The number of hydrogen-bond acceptors (Lipinski definition) is 4. The van der Waals surface area contributed by atoms with Gasteiger partial charge in [0.2, 0.25) is 0 Å². The number of aliphatic hydroxyl groups is 1. The van der Waals surface area contributed by atoms with Gasteiger partial charge in [-0.2, -0.15) is 13.7 Å². The molecular weight excluding hydrogens is 457 g/mol. The molecule has 0 amide bonds. The van der Waals surface area contributed by atoms with Gasteiger partial charge in [0, 0.05) is 13.0 Å². The van der Waals surface area contributed by atoms with Crippen LogP contribution in [0.3, 0.4) is 0 Å². The van der Waals surface area contributed by atoms with Gasteiger partial charge >= 0.3 is 6.11 Å². The molecule has 0 aliphatic heterocycles. The molecule has 4 nitrogen and oxygen atoms in total. The summed E-state index contributed by atoms with van der Waals surface area (Å²) in [5, 5.41) is 9.14. The fraction of sp³-hybridized carbons (Fsp3) is 0.286. The van der Waals surface area contributed by atoms with Gasteiger partial charge in [-0.1, -0.05) is 48.5 Å². The smallest absolute Gasteiger partial charge is 0.429 e. The molecule has 0 spiro atoms. The molecule has 0 saturated carbocycles. The average molecular weight is 487 g/mol. The number of rotatable bonds is 12. The molecule has 0 atom stereocenters. The van der Waals surface area contributed by atoms with Gasteiger partial charge in [-0.05, 0) is 73.2 Å². The lowest BCUT2D eigenvalue weighted by atomic mass is 10.00. The highest BCUT2D eigenvalue weighted by atomic mass is 19.3. The van der Waals surface area contributed by atoms with Gasteiger partial charge < -0.3 is 14.7 Å². The quantitative estimate of drug-likeness (QED) is 0.131. The number of alkyl halides is 2. The molecule has 3 aromatic rings. The summed E-state index contributed by atoms with van der Waals surface area (Å²) in [7, 11) is 0. The fourth-order valence-corrected chi connectivity index (χ4v) is 3.59. The third-order valence-electron chi connectivity index (χ3n) is 5.35. The standard InChI is InChI=1S/C28H29F3O4/c1-19(2)35-33-16-14-24-17-25(12-10-21(24)5-4-15-32)34-28(30,31)26-13-11-23(18-27(26)29)22-8-6-20(3)7-9-22/h6-13,17-18,32H,1,4-5,14-16H2,2-3H3. The molecule has 0 radical (unpaired) electrons. The van der Waals surface area contributed by atoms with Crippen LogP contribution in [0.5, 0.6) is 5.75 Å². The van der Waals surface area contributed by atoms with Crippen molar-refractivity contribution in [1.29, 1.82) is 0 Å². The van der Waals surface area contributed by atoms with E-state index in [4.69, 9.17) is 19.6 Å². The molecule has 0 heterocycles. The van der Waals surface area contributed by atoms with Crippen molar-refractivity contribution in [2.24, 2.45) is 0 Å². The van der Waals surface area contributed by atoms with Crippen LogP contribution < -0.4 is 4.74 Å². The van der Waals surface area contributed by atoms with Crippen LogP contribution in [-0.2, 0) is 28.7 Å². The molecule has 0 aliphatic carbocycles. The first kappa shape index (κ1) is 26.3. The molecule has 0 saturated heterocycles. The van der Waals surface area contributed by atoms with Gasteiger partial charge in [-0.15, -0.1) is 0 Å². The third kappa shape index (κ3) is 7.34. The van der Waals surface area contributed by atoms with Crippen LogP contribution in [0.1, 0.15) is 35.6 Å². The lowest BCUT2D eigenvalue weighted by Gasteiger charge is -2.20. The van der Waals surface area contributed by atoms with E-state index >= 15 is 0 Å². The Kier molecular flexibility index (Phi) is 8.95. The lowest BCUT2D eigenvalue weighted by molar-refractivity contribution is -0.260. The monoisotopic (exact) mass is 486 g/mol. The maximum Gasteiger partial charge on any atom is 0.429 e. The number of allylic oxidation sites excluding steroid dienone is 1. The second kappa shape index (κ2) is 11.9. The Morgan fingerprint density at radius 3 is 2.31 bits per heavy atom. The summed E-state index contributed by atoms with van der Waals surface area (Å²) < 4.78 is 49.7. The van der Waals surface area contributed by atoms with Crippen LogP contribution in [0.2, 0.25) is 0 Å². The lowest BCUT2D eigenvalue weighted by Crippen LogP contribution is -2.23. The molecule has 35 heavy (non-hydrogen) atoms. The predicted octanol–water partition coefficient (Wildman–Crippen LogP) is 6.88. The van der Waals surface area contributed by atoms with Gasteiger partial charge in [-0.3, -0.25) is 0 Å². The molecule has 1 N–H and O–H groups in total. The molecule has 0 aliphatic rings. The van der Waals surface area contributed by atoms with Crippen LogP contribution in [0, 0.1) is 12.7 Å². The van der Waals surface area contributed by atoms with Crippen molar-refractivity contribution in [3.05, 3.63) is 101 Å². The molecule has 3 aromatic carbocycles. The van der Waals surface area contributed by atoms with E-state index in [1.54, 1.807) is 13.0 Å². The largest absolute Gasteiger partial charge is 0.429 e. The topological polar surface area (TPSA) is 47.9 Å². The highest BCUT2D eigenvalue weighted by Gasteiger charge is 2.38. The zero-order valence-electron chi connectivity index (χ0n) is 19.8. The Morgan fingerprint density at radius 2 is 1.66 bits per heavy atom. The van der Waals surface area contributed by atoms with Crippen molar-refractivity contribution in [2.45, 2.75) is 39.2 Å². The second-order valence-electron chi connectivity index (χ2n) is 8.29. The predicted molar refractivity (Wildman–Crippen MR) is 128 cm³/mol. The van der Waals surface area contributed by atoms with Crippen molar-refractivity contribution in [2.75, 3.05) is 13.2 Å². The maximum atomic E-state index is 15.0.